The summed E-state index contributed by atoms with van der Waals surface area (Å²) in [5.41, 5.74) is -0.0810. The average Bonchev–Trinajstić information content (AvgIpc) is 3.18. The molecule has 0 fully saturated rings. The first-order valence-corrected chi connectivity index (χ1v) is 9.43. The van der Waals surface area contributed by atoms with Gasteiger partial charge in [-0.1, -0.05) is 17.3 Å². The van der Waals surface area contributed by atoms with Crippen LogP contribution >= 0.6 is 0 Å². The molecule has 0 spiro atoms. The highest BCUT2D eigenvalue weighted by Gasteiger charge is 2.31. The number of hydrogen-bond donors (Lipinski definition) is 0. The van der Waals surface area contributed by atoms with E-state index in [4.69, 9.17) is 9.26 Å². The number of nitrogens with zero attached hydrogens (tertiary/aromatic N) is 5. The first-order valence-electron chi connectivity index (χ1n) is 9.43. The standard InChI is InChI=1S/C20H20F3N5O3/c1-4-28(12(2)11-30-19-24-9-14(10-25-19)20(21,22)23)18(29)16-8-6-5-7-15(16)17-26-13(3)27-31-17/h5-10,12H,4,11H2,1-3H3/t12-/m0/s1. The predicted octanol–water partition coefficient (Wildman–Crippen LogP) is 3.78. The van der Waals surface area contributed by atoms with E-state index >= 15 is 0 Å². The van der Waals surface area contributed by atoms with Crippen LogP contribution in [-0.4, -0.2) is 50.1 Å². The fraction of sp³-hybridized carbons (Fsp3) is 0.350. The Morgan fingerprint density at radius 2 is 1.90 bits per heavy atom. The van der Waals surface area contributed by atoms with Gasteiger partial charge in [0, 0.05) is 18.9 Å². The quantitative estimate of drug-likeness (QED) is 0.557. The third-order valence-electron chi connectivity index (χ3n) is 4.46. The van der Waals surface area contributed by atoms with Crippen LogP contribution in [0.4, 0.5) is 13.2 Å². The Morgan fingerprint density at radius 1 is 1.23 bits per heavy atom. The van der Waals surface area contributed by atoms with Crippen LogP contribution in [0.3, 0.4) is 0 Å². The van der Waals surface area contributed by atoms with Gasteiger partial charge in [-0.2, -0.15) is 18.2 Å². The van der Waals surface area contributed by atoms with E-state index in [0.29, 0.717) is 35.9 Å². The molecule has 0 radical (unpaired) electrons. The zero-order chi connectivity index (χ0) is 22.6. The molecule has 1 atom stereocenters. The minimum absolute atomic E-state index is 0.00717. The average molecular weight is 435 g/mol. The number of carbonyl (C=O) groups is 1. The lowest BCUT2D eigenvalue weighted by Crippen LogP contribution is -2.42. The summed E-state index contributed by atoms with van der Waals surface area (Å²) >= 11 is 0. The lowest BCUT2D eigenvalue weighted by atomic mass is 10.1. The van der Waals surface area contributed by atoms with Crippen molar-refractivity contribution in [2.45, 2.75) is 33.0 Å². The molecule has 31 heavy (non-hydrogen) atoms. The Balaban J connectivity index is 1.72. The minimum Gasteiger partial charge on any atom is -0.461 e. The van der Waals surface area contributed by atoms with Gasteiger partial charge in [0.05, 0.1) is 22.7 Å². The molecule has 0 saturated heterocycles. The van der Waals surface area contributed by atoms with Gasteiger partial charge < -0.3 is 14.2 Å². The summed E-state index contributed by atoms with van der Waals surface area (Å²) in [4.78, 5) is 26.1. The van der Waals surface area contributed by atoms with Gasteiger partial charge in [0.1, 0.15) is 6.61 Å². The molecule has 164 valence electrons. The van der Waals surface area contributed by atoms with Crippen molar-refractivity contribution in [1.82, 2.24) is 25.0 Å². The summed E-state index contributed by atoms with van der Waals surface area (Å²) in [6, 6.07) is 6.24. The molecule has 0 N–H and O–H groups in total. The van der Waals surface area contributed by atoms with Crippen LogP contribution in [0.2, 0.25) is 0 Å². The summed E-state index contributed by atoms with van der Waals surface area (Å²) in [5, 5.41) is 3.76. The first kappa shape index (κ1) is 22.2. The van der Waals surface area contributed by atoms with Crippen molar-refractivity contribution in [3.05, 3.63) is 53.6 Å². The topological polar surface area (TPSA) is 94.2 Å². The van der Waals surface area contributed by atoms with E-state index in [1.54, 1.807) is 43.0 Å². The van der Waals surface area contributed by atoms with Crippen molar-refractivity contribution in [3.63, 3.8) is 0 Å². The molecule has 3 aromatic rings. The van der Waals surface area contributed by atoms with E-state index in [1.807, 2.05) is 6.92 Å². The Kier molecular flexibility index (Phi) is 6.52. The number of rotatable bonds is 7. The number of amides is 1. The Hall–Kier alpha value is -3.50. The maximum absolute atomic E-state index is 13.2. The molecule has 2 heterocycles. The Labute approximate surface area is 176 Å². The highest BCUT2D eigenvalue weighted by atomic mass is 19.4. The molecular weight excluding hydrogens is 415 g/mol. The smallest absolute Gasteiger partial charge is 0.419 e. The van der Waals surface area contributed by atoms with Crippen LogP contribution in [0, 0.1) is 6.92 Å². The number of ether oxygens (including phenoxy) is 1. The van der Waals surface area contributed by atoms with E-state index in [1.165, 1.54) is 0 Å². The number of aryl methyl sites for hydroxylation is 1. The maximum atomic E-state index is 13.2. The first-order chi connectivity index (χ1) is 14.7. The summed E-state index contributed by atoms with van der Waals surface area (Å²) in [6.07, 6.45) is -3.22. The highest BCUT2D eigenvalue weighted by Crippen LogP contribution is 2.28. The number of alkyl halides is 3. The highest BCUT2D eigenvalue weighted by molar-refractivity contribution is 6.00. The SMILES string of the molecule is CCN(C(=O)c1ccccc1-c1nc(C)no1)[C@@H](C)COc1ncc(C(F)(F)F)cn1. The molecule has 1 aromatic carbocycles. The van der Waals surface area contributed by atoms with E-state index in [0.717, 1.165) is 0 Å². The van der Waals surface area contributed by atoms with E-state index < -0.39 is 17.8 Å². The van der Waals surface area contributed by atoms with Gasteiger partial charge >= 0.3 is 12.2 Å². The van der Waals surface area contributed by atoms with Gasteiger partial charge in [-0.3, -0.25) is 4.79 Å². The van der Waals surface area contributed by atoms with Crippen LogP contribution in [0.15, 0.2) is 41.2 Å². The van der Waals surface area contributed by atoms with Gasteiger partial charge in [-0.05, 0) is 32.9 Å². The number of likely N-dealkylation sites (N-methyl/N-ethyl adjacent to an activating group) is 1. The number of carbonyl (C=O) groups excluding carboxylic acids is 1. The predicted molar refractivity (Wildman–Crippen MR) is 103 cm³/mol. The van der Waals surface area contributed by atoms with Crippen molar-refractivity contribution in [2.75, 3.05) is 13.2 Å². The van der Waals surface area contributed by atoms with E-state index in [2.05, 4.69) is 20.1 Å². The fourth-order valence-electron chi connectivity index (χ4n) is 2.89. The lowest BCUT2D eigenvalue weighted by molar-refractivity contribution is -0.138. The van der Waals surface area contributed by atoms with Gasteiger partial charge in [-0.15, -0.1) is 0 Å². The van der Waals surface area contributed by atoms with Crippen molar-refractivity contribution in [3.8, 4) is 17.5 Å². The molecule has 0 saturated carbocycles. The van der Waals surface area contributed by atoms with Gasteiger partial charge in [0.2, 0.25) is 0 Å². The zero-order valence-corrected chi connectivity index (χ0v) is 17.1. The van der Waals surface area contributed by atoms with Crippen LogP contribution in [0.5, 0.6) is 6.01 Å². The Bertz CT molecular complexity index is 1040. The molecule has 2 aromatic heterocycles. The lowest BCUT2D eigenvalue weighted by Gasteiger charge is -2.28. The minimum atomic E-state index is -4.53. The Morgan fingerprint density at radius 3 is 2.48 bits per heavy atom. The maximum Gasteiger partial charge on any atom is 0.419 e. The van der Waals surface area contributed by atoms with Crippen molar-refractivity contribution >= 4 is 5.91 Å². The summed E-state index contributed by atoms with van der Waals surface area (Å²) < 4.78 is 48.4. The molecule has 3 rings (SSSR count). The summed E-state index contributed by atoms with van der Waals surface area (Å²) in [6.45, 7) is 5.60. The monoisotopic (exact) mass is 435 g/mol. The van der Waals surface area contributed by atoms with Gasteiger partial charge in [-0.25, -0.2) is 9.97 Å². The molecule has 0 aliphatic rings. The van der Waals surface area contributed by atoms with Crippen molar-refractivity contribution in [2.24, 2.45) is 0 Å². The van der Waals surface area contributed by atoms with Crippen LogP contribution in [0.25, 0.3) is 11.5 Å². The van der Waals surface area contributed by atoms with Crippen LogP contribution in [-0.2, 0) is 6.18 Å². The number of aromatic nitrogens is 4. The second-order valence-electron chi connectivity index (χ2n) is 6.70. The van der Waals surface area contributed by atoms with Crippen LogP contribution < -0.4 is 4.74 Å². The fourth-order valence-corrected chi connectivity index (χ4v) is 2.89. The third-order valence-corrected chi connectivity index (χ3v) is 4.46. The summed E-state index contributed by atoms with van der Waals surface area (Å²) in [7, 11) is 0. The number of benzene rings is 1. The normalized spacial score (nSPS) is 12.5. The van der Waals surface area contributed by atoms with E-state index in [-0.39, 0.29) is 24.4 Å². The summed E-state index contributed by atoms with van der Waals surface area (Å²) in [5.74, 6) is 0.404. The second kappa shape index (κ2) is 9.11. The number of halogens is 3. The molecule has 1 amide bonds. The number of hydrogen-bond acceptors (Lipinski definition) is 7. The molecule has 8 nitrogen and oxygen atoms in total. The van der Waals surface area contributed by atoms with Crippen molar-refractivity contribution in [1.29, 1.82) is 0 Å². The van der Waals surface area contributed by atoms with Crippen LogP contribution in [0.1, 0.15) is 35.6 Å². The largest absolute Gasteiger partial charge is 0.461 e. The second-order valence-corrected chi connectivity index (χ2v) is 6.70. The third kappa shape index (κ3) is 5.16. The molecular formula is C20H20F3N5O3. The van der Waals surface area contributed by atoms with Crippen molar-refractivity contribution < 1.29 is 27.2 Å². The molecule has 11 heteroatoms. The molecule has 0 aliphatic carbocycles. The van der Waals surface area contributed by atoms with Gasteiger partial charge in [0.25, 0.3) is 11.8 Å². The zero-order valence-electron chi connectivity index (χ0n) is 17.1. The molecule has 0 unspecified atom stereocenters. The molecule has 0 aliphatic heterocycles. The molecule has 0 bridgehead atoms. The van der Waals surface area contributed by atoms with E-state index in [9.17, 15) is 18.0 Å². The van der Waals surface area contributed by atoms with Gasteiger partial charge in [0.15, 0.2) is 5.82 Å².